The van der Waals surface area contributed by atoms with E-state index < -0.39 is 0 Å². The number of thiazole rings is 1. The molecule has 0 atom stereocenters. The van der Waals surface area contributed by atoms with Crippen LogP contribution >= 0.6 is 11.3 Å². The molecule has 0 aliphatic heterocycles. The molecule has 0 unspecified atom stereocenters. The molecular formula is C9H16N2S. The van der Waals surface area contributed by atoms with Gasteiger partial charge in [-0.3, -0.25) is 0 Å². The van der Waals surface area contributed by atoms with Crippen molar-refractivity contribution in [2.75, 3.05) is 0 Å². The van der Waals surface area contributed by atoms with Crippen LogP contribution in [-0.4, -0.2) is 4.98 Å². The molecule has 0 spiro atoms. The van der Waals surface area contributed by atoms with Crippen LogP contribution in [0.3, 0.4) is 0 Å². The Morgan fingerprint density at radius 2 is 2.17 bits per heavy atom. The number of rotatable bonds is 3. The Hall–Kier alpha value is -0.410. The van der Waals surface area contributed by atoms with Crippen LogP contribution in [0.25, 0.3) is 0 Å². The average Bonchev–Trinajstić information content (AvgIpc) is 2.29. The van der Waals surface area contributed by atoms with Crippen LogP contribution < -0.4 is 5.73 Å². The molecule has 2 N–H and O–H groups in total. The summed E-state index contributed by atoms with van der Waals surface area (Å²) in [4.78, 5) is 5.71. The Bertz CT molecular complexity index is 253. The van der Waals surface area contributed by atoms with E-state index in [1.54, 1.807) is 11.3 Å². The second kappa shape index (κ2) is 4.01. The maximum Gasteiger partial charge on any atom is 0.0900 e. The molecule has 0 aliphatic rings. The minimum Gasteiger partial charge on any atom is -0.326 e. The summed E-state index contributed by atoms with van der Waals surface area (Å²) < 4.78 is 0. The lowest BCUT2D eigenvalue weighted by molar-refractivity contribution is 0.633. The van der Waals surface area contributed by atoms with Gasteiger partial charge in [0.05, 0.1) is 10.7 Å². The number of aromatic nitrogens is 1. The van der Waals surface area contributed by atoms with E-state index in [2.05, 4.69) is 18.8 Å². The van der Waals surface area contributed by atoms with Crippen molar-refractivity contribution >= 4 is 11.3 Å². The number of nitrogens with two attached hydrogens (primary N) is 1. The van der Waals surface area contributed by atoms with Crippen molar-refractivity contribution in [2.24, 2.45) is 11.7 Å². The summed E-state index contributed by atoms with van der Waals surface area (Å²) in [6.45, 7) is 7.07. The van der Waals surface area contributed by atoms with Crippen LogP contribution in [0.5, 0.6) is 0 Å². The minimum absolute atomic E-state index is 0.633. The molecular weight excluding hydrogens is 168 g/mol. The van der Waals surface area contributed by atoms with Gasteiger partial charge in [0, 0.05) is 11.4 Å². The van der Waals surface area contributed by atoms with Gasteiger partial charge in [0.25, 0.3) is 0 Å². The molecule has 1 heterocycles. The number of aryl methyl sites for hydroxylation is 1. The first-order valence-corrected chi connectivity index (χ1v) is 5.10. The Morgan fingerprint density at radius 3 is 2.67 bits per heavy atom. The van der Waals surface area contributed by atoms with Crippen LogP contribution in [0.1, 0.15) is 29.4 Å². The summed E-state index contributed by atoms with van der Waals surface area (Å²) in [6, 6.07) is 0. The molecule has 1 aromatic rings. The van der Waals surface area contributed by atoms with Gasteiger partial charge in [0.2, 0.25) is 0 Å². The Kier molecular flexibility index (Phi) is 3.23. The highest BCUT2D eigenvalue weighted by molar-refractivity contribution is 7.11. The first-order chi connectivity index (χ1) is 5.63. The smallest absolute Gasteiger partial charge is 0.0900 e. The van der Waals surface area contributed by atoms with Gasteiger partial charge in [0.1, 0.15) is 0 Å². The number of hydrogen-bond donors (Lipinski definition) is 1. The van der Waals surface area contributed by atoms with Crippen LogP contribution in [0.15, 0.2) is 0 Å². The van der Waals surface area contributed by atoms with E-state index in [-0.39, 0.29) is 0 Å². The van der Waals surface area contributed by atoms with Gasteiger partial charge in [-0.25, -0.2) is 4.98 Å². The number of nitrogens with zero attached hydrogens (tertiary/aromatic N) is 1. The van der Waals surface area contributed by atoms with Crippen LogP contribution in [0.2, 0.25) is 0 Å². The highest BCUT2D eigenvalue weighted by Crippen LogP contribution is 2.19. The standard InChI is InChI=1S/C9H16N2S/c1-6(2)4-8-9(5-10)12-7(3)11-8/h6H,4-5,10H2,1-3H3. The second-order valence-electron chi connectivity index (χ2n) is 3.40. The first-order valence-electron chi connectivity index (χ1n) is 4.28. The van der Waals surface area contributed by atoms with Gasteiger partial charge in [-0.1, -0.05) is 13.8 Å². The third kappa shape index (κ3) is 2.29. The molecule has 12 heavy (non-hydrogen) atoms. The summed E-state index contributed by atoms with van der Waals surface area (Å²) >= 11 is 1.72. The Morgan fingerprint density at radius 1 is 1.50 bits per heavy atom. The minimum atomic E-state index is 0.633. The Balaban J connectivity index is 2.81. The zero-order valence-electron chi connectivity index (χ0n) is 7.92. The molecule has 2 nitrogen and oxygen atoms in total. The van der Waals surface area contributed by atoms with Gasteiger partial charge < -0.3 is 5.73 Å². The van der Waals surface area contributed by atoms with Crippen molar-refractivity contribution in [2.45, 2.75) is 33.7 Å². The van der Waals surface area contributed by atoms with E-state index in [9.17, 15) is 0 Å². The van der Waals surface area contributed by atoms with E-state index in [1.165, 1.54) is 10.6 Å². The van der Waals surface area contributed by atoms with E-state index in [4.69, 9.17) is 5.73 Å². The van der Waals surface area contributed by atoms with Crippen molar-refractivity contribution in [1.29, 1.82) is 0 Å². The lowest BCUT2D eigenvalue weighted by Crippen LogP contribution is -2.01. The summed E-state index contributed by atoms with van der Waals surface area (Å²) in [6.07, 6.45) is 1.05. The van der Waals surface area contributed by atoms with Gasteiger partial charge in [-0.05, 0) is 19.3 Å². The molecule has 0 aromatic carbocycles. The zero-order valence-corrected chi connectivity index (χ0v) is 8.74. The highest BCUT2D eigenvalue weighted by Gasteiger charge is 2.08. The van der Waals surface area contributed by atoms with Gasteiger partial charge >= 0.3 is 0 Å². The third-order valence-corrected chi connectivity index (χ3v) is 2.71. The summed E-state index contributed by atoms with van der Waals surface area (Å²) in [7, 11) is 0. The lowest BCUT2D eigenvalue weighted by Gasteiger charge is -2.02. The van der Waals surface area contributed by atoms with Gasteiger partial charge in [0.15, 0.2) is 0 Å². The highest BCUT2D eigenvalue weighted by atomic mass is 32.1. The van der Waals surface area contributed by atoms with Gasteiger partial charge in [-0.15, -0.1) is 11.3 Å². The van der Waals surface area contributed by atoms with Crippen molar-refractivity contribution in [3.8, 4) is 0 Å². The van der Waals surface area contributed by atoms with E-state index in [1.807, 2.05) is 6.92 Å². The fraction of sp³-hybridized carbons (Fsp3) is 0.667. The van der Waals surface area contributed by atoms with E-state index in [0.717, 1.165) is 11.4 Å². The molecule has 0 aliphatic carbocycles. The molecule has 3 heteroatoms. The molecule has 1 rings (SSSR count). The predicted molar refractivity (Wildman–Crippen MR) is 53.3 cm³/mol. The van der Waals surface area contributed by atoms with Crippen LogP contribution in [0, 0.1) is 12.8 Å². The maximum atomic E-state index is 5.61. The Labute approximate surface area is 77.8 Å². The predicted octanol–water partition coefficient (Wildman–Crippen LogP) is 2.11. The monoisotopic (exact) mass is 184 g/mol. The van der Waals surface area contributed by atoms with E-state index in [0.29, 0.717) is 12.5 Å². The van der Waals surface area contributed by atoms with Crippen LogP contribution in [-0.2, 0) is 13.0 Å². The fourth-order valence-electron chi connectivity index (χ4n) is 1.22. The summed E-state index contributed by atoms with van der Waals surface area (Å²) in [5, 5.41) is 1.13. The molecule has 0 radical (unpaired) electrons. The average molecular weight is 184 g/mol. The molecule has 0 fully saturated rings. The SMILES string of the molecule is Cc1nc(CC(C)C)c(CN)s1. The second-order valence-corrected chi connectivity index (χ2v) is 4.69. The number of hydrogen-bond acceptors (Lipinski definition) is 3. The van der Waals surface area contributed by atoms with Crippen LogP contribution in [0.4, 0.5) is 0 Å². The largest absolute Gasteiger partial charge is 0.326 e. The van der Waals surface area contributed by atoms with Crippen molar-refractivity contribution in [3.05, 3.63) is 15.6 Å². The fourth-order valence-corrected chi connectivity index (χ4v) is 2.06. The topological polar surface area (TPSA) is 38.9 Å². The molecule has 0 bridgehead atoms. The zero-order chi connectivity index (χ0) is 9.14. The molecule has 0 amide bonds. The van der Waals surface area contributed by atoms with Crippen molar-refractivity contribution < 1.29 is 0 Å². The first kappa shape index (κ1) is 9.68. The normalized spacial score (nSPS) is 11.1. The summed E-state index contributed by atoms with van der Waals surface area (Å²) in [5.41, 5.74) is 6.81. The molecule has 0 saturated carbocycles. The molecule has 0 saturated heterocycles. The third-order valence-electron chi connectivity index (χ3n) is 1.67. The molecule has 68 valence electrons. The summed E-state index contributed by atoms with van der Waals surface area (Å²) in [5.74, 6) is 0.664. The lowest BCUT2D eigenvalue weighted by atomic mass is 10.1. The molecule has 1 aromatic heterocycles. The van der Waals surface area contributed by atoms with Gasteiger partial charge in [-0.2, -0.15) is 0 Å². The maximum absolute atomic E-state index is 5.61. The van der Waals surface area contributed by atoms with Crippen molar-refractivity contribution in [1.82, 2.24) is 4.98 Å². The van der Waals surface area contributed by atoms with Crippen molar-refractivity contribution in [3.63, 3.8) is 0 Å². The quantitative estimate of drug-likeness (QED) is 0.781. The van der Waals surface area contributed by atoms with E-state index >= 15 is 0 Å².